The number of thiophene rings is 1. The van der Waals surface area contributed by atoms with Crippen molar-refractivity contribution in [1.82, 2.24) is 24.8 Å². The van der Waals surface area contributed by atoms with Gasteiger partial charge in [-0.15, -0.1) is 0 Å². The van der Waals surface area contributed by atoms with Gasteiger partial charge in [0, 0.05) is 37.5 Å². The minimum absolute atomic E-state index is 0.0436. The molecule has 2 fully saturated rings. The molecule has 6 nitrogen and oxygen atoms in total. The van der Waals surface area contributed by atoms with E-state index in [1.807, 2.05) is 6.07 Å². The van der Waals surface area contributed by atoms with Crippen LogP contribution in [0.2, 0.25) is 0 Å². The first-order valence-electron chi connectivity index (χ1n) is 9.25. The number of aromatic nitrogens is 3. The Morgan fingerprint density at radius 1 is 1.31 bits per heavy atom. The van der Waals surface area contributed by atoms with Crippen LogP contribution >= 0.6 is 11.3 Å². The van der Waals surface area contributed by atoms with Crippen LogP contribution in [0.5, 0.6) is 0 Å². The van der Waals surface area contributed by atoms with Crippen molar-refractivity contribution in [3.8, 4) is 0 Å². The number of hydrogen-bond donors (Lipinski definition) is 2. The third-order valence-corrected chi connectivity index (χ3v) is 6.68. The van der Waals surface area contributed by atoms with E-state index in [0.717, 1.165) is 31.9 Å². The molecular formula is C19H23N5OS. The van der Waals surface area contributed by atoms with Gasteiger partial charge in [-0.05, 0) is 60.2 Å². The smallest absolute Gasteiger partial charge is 0.272 e. The minimum Gasteiger partial charge on any atom is -0.317 e. The van der Waals surface area contributed by atoms with Crippen LogP contribution in [0.3, 0.4) is 0 Å². The Kier molecular flexibility index (Phi) is 3.95. The van der Waals surface area contributed by atoms with E-state index in [0.29, 0.717) is 17.1 Å². The van der Waals surface area contributed by atoms with Crippen LogP contribution in [-0.2, 0) is 13.1 Å². The summed E-state index contributed by atoms with van der Waals surface area (Å²) in [6.07, 6.45) is 5.53. The summed E-state index contributed by atoms with van der Waals surface area (Å²) in [6.45, 7) is 3.90. The molecule has 1 spiro atoms. The number of rotatable bonds is 5. The molecule has 0 bridgehead atoms. The number of nitrogens with one attached hydrogen (secondary N) is 2. The van der Waals surface area contributed by atoms with Crippen molar-refractivity contribution >= 4 is 17.0 Å². The Labute approximate surface area is 155 Å². The fourth-order valence-electron chi connectivity index (χ4n) is 4.46. The minimum atomic E-state index is -0.0436. The lowest BCUT2D eigenvalue weighted by Crippen LogP contribution is -2.36. The summed E-state index contributed by atoms with van der Waals surface area (Å²) in [7, 11) is 0. The van der Waals surface area contributed by atoms with Gasteiger partial charge in [0.05, 0.1) is 5.69 Å². The summed E-state index contributed by atoms with van der Waals surface area (Å²) in [4.78, 5) is 19.5. The maximum Gasteiger partial charge on any atom is 0.272 e. The van der Waals surface area contributed by atoms with Gasteiger partial charge in [-0.3, -0.25) is 14.8 Å². The second-order valence-corrected chi connectivity index (χ2v) is 8.39. The molecule has 2 N–H and O–H groups in total. The fraction of sp³-hybridized carbons (Fsp3) is 0.474. The predicted molar refractivity (Wildman–Crippen MR) is 102 cm³/mol. The first-order valence-corrected chi connectivity index (χ1v) is 10.2. The lowest BCUT2D eigenvalue weighted by molar-refractivity contribution is 0.186. The summed E-state index contributed by atoms with van der Waals surface area (Å²) < 4.78 is 1.48. The monoisotopic (exact) mass is 369 g/mol. The van der Waals surface area contributed by atoms with Crippen LogP contribution < -0.4 is 10.9 Å². The SMILES string of the molecule is O=c1cc(CN(Cc2ccsc2)[C@H]2CC23CCNCC3)nc2cc[nH]n12. The Morgan fingerprint density at radius 3 is 3.00 bits per heavy atom. The van der Waals surface area contributed by atoms with E-state index in [4.69, 9.17) is 0 Å². The molecule has 1 aliphatic carbocycles. The van der Waals surface area contributed by atoms with Gasteiger partial charge in [-0.1, -0.05) is 0 Å². The van der Waals surface area contributed by atoms with Gasteiger partial charge in [-0.25, -0.2) is 9.50 Å². The number of hydrogen-bond acceptors (Lipinski definition) is 5. The topological polar surface area (TPSA) is 65.4 Å². The third kappa shape index (κ3) is 2.90. The maximum atomic E-state index is 12.3. The molecule has 1 aliphatic heterocycles. The van der Waals surface area contributed by atoms with Crippen molar-refractivity contribution in [3.63, 3.8) is 0 Å². The van der Waals surface area contributed by atoms with Crippen molar-refractivity contribution in [2.75, 3.05) is 13.1 Å². The van der Waals surface area contributed by atoms with Crippen molar-refractivity contribution in [3.05, 3.63) is 56.8 Å². The molecule has 0 radical (unpaired) electrons. The summed E-state index contributed by atoms with van der Waals surface area (Å²) in [5, 5.41) is 10.8. The largest absolute Gasteiger partial charge is 0.317 e. The zero-order valence-corrected chi connectivity index (χ0v) is 15.5. The molecule has 7 heteroatoms. The van der Waals surface area contributed by atoms with Crippen LogP contribution in [0.4, 0.5) is 0 Å². The Hall–Kier alpha value is -1.96. The van der Waals surface area contributed by atoms with E-state index in [-0.39, 0.29) is 5.56 Å². The van der Waals surface area contributed by atoms with Gasteiger partial charge < -0.3 is 5.32 Å². The van der Waals surface area contributed by atoms with Crippen molar-refractivity contribution in [1.29, 1.82) is 0 Å². The van der Waals surface area contributed by atoms with Crippen LogP contribution in [0, 0.1) is 5.41 Å². The van der Waals surface area contributed by atoms with Crippen LogP contribution in [0.15, 0.2) is 40.0 Å². The van der Waals surface area contributed by atoms with E-state index in [1.54, 1.807) is 23.6 Å². The summed E-state index contributed by atoms with van der Waals surface area (Å²) in [5.41, 5.74) is 3.33. The van der Waals surface area contributed by atoms with E-state index in [9.17, 15) is 4.79 Å². The van der Waals surface area contributed by atoms with Crippen LogP contribution in [0.1, 0.15) is 30.5 Å². The standard InChI is InChI=1S/C19H23N5OS/c25-18-9-15(22-17-1-5-21-24(17)18)12-23(11-14-2-8-26-13-14)16-10-19(16)3-6-20-7-4-19/h1-2,5,8-9,13,16,20-21H,3-4,6-7,10-12H2/t16-/m0/s1. The highest BCUT2D eigenvalue weighted by Crippen LogP contribution is 2.56. The molecule has 4 heterocycles. The molecular weight excluding hydrogens is 346 g/mol. The number of piperidine rings is 1. The highest BCUT2D eigenvalue weighted by Gasteiger charge is 2.56. The van der Waals surface area contributed by atoms with Crippen molar-refractivity contribution in [2.45, 2.75) is 38.4 Å². The van der Waals surface area contributed by atoms with E-state index in [2.05, 4.69) is 37.1 Å². The van der Waals surface area contributed by atoms with Gasteiger partial charge in [-0.2, -0.15) is 11.3 Å². The van der Waals surface area contributed by atoms with Gasteiger partial charge in [0.2, 0.25) is 0 Å². The second kappa shape index (κ2) is 6.33. The third-order valence-electron chi connectivity index (χ3n) is 5.95. The summed E-state index contributed by atoms with van der Waals surface area (Å²) in [5.74, 6) is 0. The molecule has 1 saturated carbocycles. The van der Waals surface area contributed by atoms with E-state index < -0.39 is 0 Å². The molecule has 0 aromatic carbocycles. The fourth-order valence-corrected chi connectivity index (χ4v) is 5.12. The molecule has 0 unspecified atom stereocenters. The lowest BCUT2D eigenvalue weighted by atomic mass is 9.93. The average Bonchev–Trinajstić information content (AvgIpc) is 3.03. The summed E-state index contributed by atoms with van der Waals surface area (Å²) in [6, 6.07) is 6.31. The van der Waals surface area contributed by atoms with E-state index >= 15 is 0 Å². The molecule has 1 atom stereocenters. The lowest BCUT2D eigenvalue weighted by Gasteiger charge is -2.29. The average molecular weight is 369 g/mol. The number of fused-ring (bicyclic) bond motifs is 1. The normalized spacial score (nSPS) is 21.7. The highest BCUT2D eigenvalue weighted by molar-refractivity contribution is 7.07. The van der Waals surface area contributed by atoms with Gasteiger partial charge in [0.15, 0.2) is 5.65 Å². The van der Waals surface area contributed by atoms with Gasteiger partial charge in [0.1, 0.15) is 0 Å². The molecule has 136 valence electrons. The molecule has 1 saturated heterocycles. The predicted octanol–water partition coefficient (Wildman–Crippen LogP) is 2.23. The maximum absolute atomic E-state index is 12.3. The highest BCUT2D eigenvalue weighted by atomic mass is 32.1. The zero-order valence-electron chi connectivity index (χ0n) is 14.6. The van der Waals surface area contributed by atoms with Crippen LogP contribution in [-0.4, -0.2) is 38.6 Å². The Bertz CT molecular complexity index is 954. The molecule has 0 amide bonds. The molecule has 3 aromatic rings. The Balaban J connectivity index is 1.42. The summed E-state index contributed by atoms with van der Waals surface area (Å²) >= 11 is 1.74. The molecule has 26 heavy (non-hydrogen) atoms. The first-order chi connectivity index (χ1) is 12.7. The second-order valence-electron chi connectivity index (χ2n) is 7.61. The molecule has 2 aliphatic rings. The molecule has 5 rings (SSSR count). The van der Waals surface area contributed by atoms with Crippen LogP contribution in [0.25, 0.3) is 5.65 Å². The quantitative estimate of drug-likeness (QED) is 0.724. The number of aromatic amines is 1. The van der Waals surface area contributed by atoms with Crippen molar-refractivity contribution < 1.29 is 0 Å². The zero-order chi connectivity index (χ0) is 17.6. The van der Waals surface area contributed by atoms with E-state index in [1.165, 1.54) is 29.3 Å². The van der Waals surface area contributed by atoms with Gasteiger partial charge >= 0.3 is 0 Å². The Morgan fingerprint density at radius 2 is 2.19 bits per heavy atom. The number of nitrogens with zero attached hydrogens (tertiary/aromatic N) is 3. The first kappa shape index (κ1) is 16.2. The van der Waals surface area contributed by atoms with Crippen molar-refractivity contribution in [2.24, 2.45) is 5.41 Å². The molecule has 3 aromatic heterocycles. The number of H-pyrrole nitrogens is 1. The van der Waals surface area contributed by atoms with Gasteiger partial charge in [0.25, 0.3) is 5.56 Å².